The number of nitrogens with zero attached hydrogens (tertiary/aromatic N) is 3. The van der Waals surface area contributed by atoms with Gasteiger partial charge in [-0.3, -0.25) is 18.9 Å². The first kappa shape index (κ1) is 10.9. The van der Waals surface area contributed by atoms with Crippen molar-refractivity contribution in [1.29, 1.82) is 0 Å². The summed E-state index contributed by atoms with van der Waals surface area (Å²) in [5, 5.41) is 19.8. The maximum Gasteiger partial charge on any atom is 0.330 e. The highest BCUT2D eigenvalue weighted by Gasteiger charge is 2.46. The zero-order chi connectivity index (χ0) is 13.3. The van der Waals surface area contributed by atoms with E-state index in [0.717, 1.165) is 0 Å². The molecule has 0 aromatic carbocycles. The van der Waals surface area contributed by atoms with Gasteiger partial charge in [0.2, 0.25) is 0 Å². The molecule has 0 aliphatic carbocycles. The van der Waals surface area contributed by atoms with Crippen LogP contribution in [-0.2, 0) is 11.3 Å². The second-order valence-electron chi connectivity index (χ2n) is 4.74. The molecule has 2 aromatic heterocycles. The van der Waals surface area contributed by atoms with Crippen LogP contribution in [0.15, 0.2) is 15.9 Å². The summed E-state index contributed by atoms with van der Waals surface area (Å²) in [6.45, 7) is 0.0481. The largest absolute Gasteiger partial charge is 0.387 e. The Morgan fingerprint density at radius 2 is 2.16 bits per heavy atom. The van der Waals surface area contributed by atoms with E-state index in [0.29, 0.717) is 5.65 Å². The van der Waals surface area contributed by atoms with Gasteiger partial charge in [-0.1, -0.05) is 0 Å². The zero-order valence-electron chi connectivity index (χ0n) is 9.55. The number of fused-ring (bicyclic) bond motifs is 3. The van der Waals surface area contributed by atoms with Crippen molar-refractivity contribution >= 4 is 11.2 Å². The van der Waals surface area contributed by atoms with E-state index in [1.807, 2.05) is 0 Å². The summed E-state index contributed by atoms with van der Waals surface area (Å²) in [7, 11) is 0. The van der Waals surface area contributed by atoms with Crippen molar-refractivity contribution < 1.29 is 14.9 Å². The maximum atomic E-state index is 11.9. The van der Waals surface area contributed by atoms with Gasteiger partial charge in [0.05, 0.1) is 12.9 Å². The van der Waals surface area contributed by atoms with E-state index < -0.39 is 35.8 Å². The van der Waals surface area contributed by atoms with Gasteiger partial charge in [-0.05, 0) is 0 Å². The Bertz CT molecular complexity index is 789. The third-order valence-corrected chi connectivity index (χ3v) is 3.68. The van der Waals surface area contributed by atoms with Crippen LogP contribution in [-0.4, -0.2) is 47.6 Å². The van der Waals surface area contributed by atoms with Gasteiger partial charge in [-0.2, -0.15) is 0 Å². The molecule has 4 heterocycles. The lowest BCUT2D eigenvalue weighted by atomic mass is 10.1. The summed E-state index contributed by atoms with van der Waals surface area (Å²) < 4.78 is 8.22. The molecular formula is C10H10N4O5. The fourth-order valence-corrected chi connectivity index (χ4v) is 2.75. The van der Waals surface area contributed by atoms with Crippen molar-refractivity contribution in [3.63, 3.8) is 0 Å². The average molecular weight is 266 g/mol. The molecule has 1 saturated heterocycles. The number of hydrogen-bond donors (Lipinski definition) is 3. The van der Waals surface area contributed by atoms with Gasteiger partial charge >= 0.3 is 5.69 Å². The number of ether oxygens (including phenoxy) is 1. The van der Waals surface area contributed by atoms with Gasteiger partial charge in [-0.25, -0.2) is 9.78 Å². The molecule has 0 spiro atoms. The van der Waals surface area contributed by atoms with E-state index in [1.54, 1.807) is 0 Å². The van der Waals surface area contributed by atoms with Crippen molar-refractivity contribution in [1.82, 2.24) is 19.1 Å². The molecule has 0 saturated carbocycles. The highest BCUT2D eigenvalue weighted by atomic mass is 16.6. The number of imidazole rings is 1. The molecule has 2 aliphatic heterocycles. The zero-order valence-corrected chi connectivity index (χ0v) is 9.55. The molecule has 0 unspecified atom stereocenters. The smallest absolute Gasteiger partial charge is 0.330 e. The van der Waals surface area contributed by atoms with Crippen LogP contribution < -0.4 is 11.2 Å². The summed E-state index contributed by atoms with van der Waals surface area (Å²) in [6.07, 6.45) is -2.43. The summed E-state index contributed by atoms with van der Waals surface area (Å²) in [5.41, 5.74) is -0.760. The number of aliphatic hydroxyl groups excluding tert-OH is 2. The van der Waals surface area contributed by atoms with Crippen molar-refractivity contribution in [3.05, 3.63) is 27.2 Å². The number of aromatic amines is 1. The standard InChI is InChI=1S/C10H10N4O5/c15-5-3-1-13-8-4(7(17)12-10(13)18)11-2-14(8)9(19-3)6(5)16/h2-3,5-6,9,15-16H,1H2,(H,12,17,18)/t3-,5+,6-,9-/m1/s1. The average Bonchev–Trinajstić information content (AvgIpc) is 2.85. The van der Waals surface area contributed by atoms with E-state index in [4.69, 9.17) is 4.74 Å². The van der Waals surface area contributed by atoms with Crippen molar-refractivity contribution in [2.75, 3.05) is 0 Å². The summed E-state index contributed by atoms with van der Waals surface area (Å²) in [5.74, 6) is 0. The minimum Gasteiger partial charge on any atom is -0.387 e. The van der Waals surface area contributed by atoms with E-state index >= 15 is 0 Å². The molecule has 19 heavy (non-hydrogen) atoms. The highest BCUT2D eigenvalue weighted by Crippen LogP contribution is 2.34. The first-order valence-electron chi connectivity index (χ1n) is 5.79. The van der Waals surface area contributed by atoms with Crippen LogP contribution in [0.2, 0.25) is 0 Å². The first-order valence-corrected chi connectivity index (χ1v) is 5.79. The van der Waals surface area contributed by atoms with E-state index in [9.17, 15) is 19.8 Å². The molecule has 2 aromatic rings. The highest BCUT2D eigenvalue weighted by molar-refractivity contribution is 5.70. The summed E-state index contributed by atoms with van der Waals surface area (Å²) in [6, 6.07) is 0. The summed E-state index contributed by atoms with van der Waals surface area (Å²) >= 11 is 0. The third-order valence-electron chi connectivity index (χ3n) is 3.68. The van der Waals surface area contributed by atoms with E-state index in [-0.39, 0.29) is 12.1 Å². The second-order valence-corrected chi connectivity index (χ2v) is 4.74. The number of H-pyrrole nitrogens is 1. The SMILES string of the molecule is O=c1[nH]c(=O)n2c3c1ncn3[C@@H]1O[C@H](C2)[C@H](O)[C@H]1O. The first-order chi connectivity index (χ1) is 9.08. The molecule has 3 N–H and O–H groups in total. The molecule has 9 heteroatoms. The van der Waals surface area contributed by atoms with Gasteiger partial charge in [0.15, 0.2) is 17.4 Å². The number of aromatic nitrogens is 4. The Hall–Kier alpha value is -1.97. The maximum absolute atomic E-state index is 11.9. The monoisotopic (exact) mass is 266 g/mol. The van der Waals surface area contributed by atoms with Crippen LogP contribution in [0, 0.1) is 0 Å². The van der Waals surface area contributed by atoms with Gasteiger partial charge in [0.25, 0.3) is 5.56 Å². The Labute approximate surface area is 104 Å². The molecule has 4 atom stereocenters. The quantitative estimate of drug-likeness (QED) is 0.485. The van der Waals surface area contributed by atoms with E-state index in [2.05, 4.69) is 9.97 Å². The number of hydrogen-bond acceptors (Lipinski definition) is 6. The molecule has 2 bridgehead atoms. The van der Waals surface area contributed by atoms with Crippen LogP contribution >= 0.6 is 0 Å². The van der Waals surface area contributed by atoms with Gasteiger partial charge in [0.1, 0.15) is 18.3 Å². The Morgan fingerprint density at radius 1 is 1.37 bits per heavy atom. The minimum atomic E-state index is -1.12. The molecule has 9 nitrogen and oxygen atoms in total. The van der Waals surface area contributed by atoms with Gasteiger partial charge < -0.3 is 14.9 Å². The normalized spacial score (nSPS) is 32.7. The number of rotatable bonds is 0. The number of aliphatic hydroxyl groups is 2. The lowest BCUT2D eigenvalue weighted by Crippen LogP contribution is -2.40. The fourth-order valence-electron chi connectivity index (χ4n) is 2.75. The van der Waals surface area contributed by atoms with Gasteiger partial charge in [0, 0.05) is 0 Å². The predicted molar refractivity (Wildman–Crippen MR) is 60.5 cm³/mol. The molecule has 1 fully saturated rings. The Morgan fingerprint density at radius 3 is 2.95 bits per heavy atom. The van der Waals surface area contributed by atoms with Crippen molar-refractivity contribution in [3.8, 4) is 0 Å². The van der Waals surface area contributed by atoms with Crippen LogP contribution in [0.1, 0.15) is 6.23 Å². The lowest BCUT2D eigenvalue weighted by molar-refractivity contribution is -0.0331. The van der Waals surface area contributed by atoms with Crippen molar-refractivity contribution in [2.45, 2.75) is 31.1 Å². The minimum absolute atomic E-state index is 0.0481. The second kappa shape index (κ2) is 3.32. The van der Waals surface area contributed by atoms with Crippen LogP contribution in [0.4, 0.5) is 0 Å². The Kier molecular flexibility index (Phi) is 1.91. The van der Waals surface area contributed by atoms with Crippen LogP contribution in [0.25, 0.3) is 11.2 Å². The molecule has 0 amide bonds. The molecule has 4 rings (SSSR count). The fraction of sp³-hybridized carbons (Fsp3) is 0.500. The van der Waals surface area contributed by atoms with Crippen LogP contribution in [0.5, 0.6) is 0 Å². The topological polar surface area (TPSA) is 122 Å². The summed E-state index contributed by atoms with van der Waals surface area (Å²) in [4.78, 5) is 29.6. The third kappa shape index (κ3) is 1.21. The molecular weight excluding hydrogens is 256 g/mol. The van der Waals surface area contributed by atoms with Crippen molar-refractivity contribution in [2.24, 2.45) is 0 Å². The number of nitrogens with one attached hydrogen (secondary N) is 1. The Balaban J connectivity index is 2.13. The molecule has 0 radical (unpaired) electrons. The van der Waals surface area contributed by atoms with E-state index in [1.165, 1.54) is 15.5 Å². The predicted octanol–water partition coefficient (Wildman–Crippen LogP) is -2.48. The lowest BCUT2D eigenvalue weighted by Gasteiger charge is -2.19. The van der Waals surface area contributed by atoms with Crippen LogP contribution in [0.3, 0.4) is 0 Å². The van der Waals surface area contributed by atoms with Gasteiger partial charge in [-0.15, -0.1) is 0 Å². The molecule has 100 valence electrons. The molecule has 2 aliphatic rings.